The number of oxime groups is 1. The van der Waals surface area contributed by atoms with Gasteiger partial charge >= 0.3 is 0 Å². The SMILES string of the molecule is CC(C)(C)c1ccc(NC(=O)c2ccc(/C(N)=N/O)cc2)cc1. The molecule has 1 amide bonds. The van der Waals surface area contributed by atoms with E-state index in [-0.39, 0.29) is 17.2 Å². The molecule has 0 aliphatic heterocycles. The van der Waals surface area contributed by atoms with Crippen LogP contribution in [0, 0.1) is 0 Å². The van der Waals surface area contributed by atoms with Crippen molar-refractivity contribution in [3.05, 3.63) is 65.2 Å². The first kappa shape index (κ1) is 16.5. The van der Waals surface area contributed by atoms with E-state index in [2.05, 4.69) is 31.2 Å². The summed E-state index contributed by atoms with van der Waals surface area (Å²) in [6.45, 7) is 6.43. The summed E-state index contributed by atoms with van der Waals surface area (Å²) in [6, 6.07) is 14.3. The van der Waals surface area contributed by atoms with Crippen molar-refractivity contribution in [2.75, 3.05) is 5.32 Å². The molecule has 0 bridgehead atoms. The van der Waals surface area contributed by atoms with Crippen LogP contribution in [0.1, 0.15) is 42.3 Å². The highest BCUT2D eigenvalue weighted by molar-refractivity contribution is 6.05. The molecule has 2 aromatic rings. The molecule has 0 saturated heterocycles. The van der Waals surface area contributed by atoms with Gasteiger partial charge in [0, 0.05) is 16.8 Å². The van der Waals surface area contributed by atoms with Crippen molar-refractivity contribution < 1.29 is 10.0 Å². The van der Waals surface area contributed by atoms with Gasteiger partial charge in [0.05, 0.1) is 0 Å². The van der Waals surface area contributed by atoms with Gasteiger partial charge in [-0.3, -0.25) is 4.79 Å². The summed E-state index contributed by atoms with van der Waals surface area (Å²) in [5.41, 5.74) is 8.57. The normalized spacial score (nSPS) is 12.0. The van der Waals surface area contributed by atoms with Crippen molar-refractivity contribution in [2.45, 2.75) is 26.2 Å². The van der Waals surface area contributed by atoms with Crippen molar-refractivity contribution in [3.63, 3.8) is 0 Å². The lowest BCUT2D eigenvalue weighted by molar-refractivity contribution is 0.102. The molecule has 0 atom stereocenters. The minimum atomic E-state index is -0.209. The van der Waals surface area contributed by atoms with E-state index in [0.29, 0.717) is 11.1 Å². The summed E-state index contributed by atoms with van der Waals surface area (Å²) in [5, 5.41) is 14.4. The zero-order valence-electron chi connectivity index (χ0n) is 13.5. The highest BCUT2D eigenvalue weighted by Gasteiger charge is 2.13. The second-order valence-electron chi connectivity index (χ2n) is 6.34. The van der Waals surface area contributed by atoms with E-state index < -0.39 is 0 Å². The summed E-state index contributed by atoms with van der Waals surface area (Å²) in [5.74, 6) is -0.200. The number of rotatable bonds is 3. The Bertz CT molecular complexity index is 711. The zero-order valence-corrected chi connectivity index (χ0v) is 13.5. The number of nitrogens with two attached hydrogens (primary N) is 1. The third-order valence-electron chi connectivity index (χ3n) is 3.56. The molecule has 0 fully saturated rings. The Morgan fingerprint density at radius 1 is 1.00 bits per heavy atom. The Morgan fingerprint density at radius 2 is 1.52 bits per heavy atom. The first-order valence-corrected chi connectivity index (χ1v) is 7.31. The monoisotopic (exact) mass is 311 g/mol. The molecule has 0 aliphatic carbocycles. The van der Waals surface area contributed by atoms with E-state index in [1.807, 2.05) is 24.3 Å². The third-order valence-corrected chi connectivity index (χ3v) is 3.56. The predicted molar refractivity (Wildman–Crippen MR) is 92.0 cm³/mol. The minimum absolute atomic E-state index is 0.00901. The average Bonchev–Trinajstić information content (AvgIpc) is 2.54. The quantitative estimate of drug-likeness (QED) is 0.351. The van der Waals surface area contributed by atoms with Crippen molar-refractivity contribution in [2.24, 2.45) is 10.9 Å². The molecule has 0 aliphatic rings. The summed E-state index contributed by atoms with van der Waals surface area (Å²) in [7, 11) is 0. The molecule has 5 heteroatoms. The Labute approximate surface area is 135 Å². The maximum atomic E-state index is 12.2. The van der Waals surface area contributed by atoms with E-state index in [9.17, 15) is 4.79 Å². The van der Waals surface area contributed by atoms with E-state index in [4.69, 9.17) is 10.9 Å². The lowest BCUT2D eigenvalue weighted by Crippen LogP contribution is -2.15. The van der Waals surface area contributed by atoms with Crippen molar-refractivity contribution in [3.8, 4) is 0 Å². The topological polar surface area (TPSA) is 87.7 Å². The van der Waals surface area contributed by atoms with E-state index >= 15 is 0 Å². The molecular formula is C18H21N3O2. The molecule has 120 valence electrons. The van der Waals surface area contributed by atoms with Gasteiger partial charge in [0.15, 0.2) is 5.84 Å². The number of hydrogen-bond donors (Lipinski definition) is 3. The Hall–Kier alpha value is -2.82. The fourth-order valence-corrected chi connectivity index (χ4v) is 2.11. The van der Waals surface area contributed by atoms with Crippen LogP contribution in [0.4, 0.5) is 5.69 Å². The Kier molecular flexibility index (Phi) is 4.69. The number of anilines is 1. The fraction of sp³-hybridized carbons (Fsp3) is 0.222. The minimum Gasteiger partial charge on any atom is -0.409 e. The van der Waals surface area contributed by atoms with Gasteiger partial charge in [-0.05, 0) is 35.2 Å². The van der Waals surface area contributed by atoms with Gasteiger partial charge in [-0.15, -0.1) is 0 Å². The van der Waals surface area contributed by atoms with Gasteiger partial charge in [-0.25, -0.2) is 0 Å². The molecule has 0 radical (unpaired) electrons. The predicted octanol–water partition coefficient (Wildman–Crippen LogP) is 3.33. The van der Waals surface area contributed by atoms with Crippen molar-refractivity contribution in [1.29, 1.82) is 0 Å². The number of nitrogens with zero attached hydrogens (tertiary/aromatic N) is 1. The van der Waals surface area contributed by atoms with Crippen LogP contribution in [-0.2, 0) is 5.41 Å². The van der Waals surface area contributed by atoms with Crippen LogP contribution < -0.4 is 11.1 Å². The van der Waals surface area contributed by atoms with Crippen LogP contribution in [0.3, 0.4) is 0 Å². The van der Waals surface area contributed by atoms with Gasteiger partial charge < -0.3 is 16.3 Å². The first-order valence-electron chi connectivity index (χ1n) is 7.31. The average molecular weight is 311 g/mol. The molecule has 0 unspecified atom stereocenters. The van der Waals surface area contributed by atoms with Crippen LogP contribution in [0.2, 0.25) is 0 Å². The molecule has 4 N–H and O–H groups in total. The highest BCUT2D eigenvalue weighted by Crippen LogP contribution is 2.23. The summed E-state index contributed by atoms with van der Waals surface area (Å²) in [4.78, 5) is 12.2. The molecule has 5 nitrogen and oxygen atoms in total. The Morgan fingerprint density at radius 3 is 2.00 bits per heavy atom. The van der Waals surface area contributed by atoms with Crippen LogP contribution in [-0.4, -0.2) is 17.0 Å². The fourth-order valence-electron chi connectivity index (χ4n) is 2.11. The number of hydrogen-bond acceptors (Lipinski definition) is 3. The summed E-state index contributed by atoms with van der Waals surface area (Å²) in [6.07, 6.45) is 0. The summed E-state index contributed by atoms with van der Waals surface area (Å²) >= 11 is 0. The number of carbonyl (C=O) groups is 1. The maximum Gasteiger partial charge on any atom is 0.255 e. The molecular weight excluding hydrogens is 290 g/mol. The van der Waals surface area contributed by atoms with E-state index in [0.717, 1.165) is 5.69 Å². The number of benzene rings is 2. The van der Waals surface area contributed by atoms with Gasteiger partial charge in [-0.2, -0.15) is 0 Å². The van der Waals surface area contributed by atoms with Gasteiger partial charge in [0.25, 0.3) is 5.91 Å². The zero-order chi connectivity index (χ0) is 17.0. The number of carbonyl (C=O) groups excluding carboxylic acids is 1. The molecule has 2 rings (SSSR count). The standard InChI is InChI=1S/C18H21N3O2/c1-18(2,3)14-8-10-15(11-9-14)20-17(22)13-6-4-12(5-7-13)16(19)21-23/h4-11,23H,1-3H3,(H2,19,21)(H,20,22). The summed E-state index contributed by atoms with van der Waals surface area (Å²) < 4.78 is 0. The van der Waals surface area contributed by atoms with Gasteiger partial charge in [-0.1, -0.05) is 50.2 Å². The van der Waals surface area contributed by atoms with Crippen molar-refractivity contribution >= 4 is 17.4 Å². The molecule has 23 heavy (non-hydrogen) atoms. The van der Waals surface area contributed by atoms with E-state index in [1.54, 1.807) is 24.3 Å². The molecule has 0 heterocycles. The molecule has 0 spiro atoms. The Balaban J connectivity index is 2.10. The maximum absolute atomic E-state index is 12.2. The first-order chi connectivity index (χ1) is 10.8. The second-order valence-corrected chi connectivity index (χ2v) is 6.34. The number of amides is 1. The van der Waals surface area contributed by atoms with E-state index in [1.165, 1.54) is 5.56 Å². The number of nitrogens with one attached hydrogen (secondary N) is 1. The highest BCUT2D eigenvalue weighted by atomic mass is 16.4. The number of amidine groups is 1. The lowest BCUT2D eigenvalue weighted by atomic mass is 9.87. The lowest BCUT2D eigenvalue weighted by Gasteiger charge is -2.19. The largest absolute Gasteiger partial charge is 0.409 e. The van der Waals surface area contributed by atoms with Gasteiger partial charge in [0.2, 0.25) is 0 Å². The third kappa shape index (κ3) is 4.10. The van der Waals surface area contributed by atoms with Crippen molar-refractivity contribution in [1.82, 2.24) is 0 Å². The molecule has 0 aromatic heterocycles. The van der Waals surface area contributed by atoms with Crippen LogP contribution in [0.5, 0.6) is 0 Å². The molecule has 0 saturated carbocycles. The molecule has 2 aromatic carbocycles. The van der Waals surface area contributed by atoms with Crippen LogP contribution in [0.25, 0.3) is 0 Å². The van der Waals surface area contributed by atoms with Crippen LogP contribution >= 0.6 is 0 Å². The smallest absolute Gasteiger partial charge is 0.255 e. The van der Waals surface area contributed by atoms with Crippen LogP contribution in [0.15, 0.2) is 53.7 Å². The van der Waals surface area contributed by atoms with Gasteiger partial charge in [0.1, 0.15) is 0 Å². The second kappa shape index (κ2) is 6.52.